The molecule has 3 rings (SSSR count). The Labute approximate surface area is 141 Å². The highest BCUT2D eigenvalue weighted by molar-refractivity contribution is 6.04. The van der Waals surface area contributed by atoms with E-state index in [1.165, 1.54) is 4.90 Å². The molecule has 24 heavy (non-hydrogen) atoms. The van der Waals surface area contributed by atoms with Crippen LogP contribution in [0.15, 0.2) is 72.8 Å². The van der Waals surface area contributed by atoms with Gasteiger partial charge in [-0.3, -0.25) is 4.79 Å². The summed E-state index contributed by atoms with van der Waals surface area (Å²) in [5.41, 5.74) is 1.54. The number of nitrogens with zero attached hydrogens (tertiary/aromatic N) is 1. The van der Waals surface area contributed by atoms with E-state index >= 15 is 0 Å². The lowest BCUT2D eigenvalue weighted by molar-refractivity contribution is 0.0774. The van der Waals surface area contributed by atoms with E-state index in [2.05, 4.69) is 0 Å². The molecule has 4 heteroatoms. The van der Waals surface area contributed by atoms with Crippen molar-refractivity contribution in [3.63, 3.8) is 0 Å². The van der Waals surface area contributed by atoms with Crippen molar-refractivity contribution in [3.8, 4) is 0 Å². The maximum Gasteiger partial charge on any atom is 0.417 e. The van der Waals surface area contributed by atoms with Gasteiger partial charge in [-0.2, -0.15) is 0 Å². The first-order chi connectivity index (χ1) is 11.7. The van der Waals surface area contributed by atoms with Crippen LogP contribution in [0.4, 0.5) is 4.79 Å². The van der Waals surface area contributed by atoms with Crippen molar-refractivity contribution in [1.82, 2.24) is 4.90 Å². The molecule has 2 amide bonds. The molecule has 4 nitrogen and oxygen atoms in total. The number of imide groups is 1. The number of carbonyl (C=O) groups is 2. The third-order valence-electron chi connectivity index (χ3n) is 4.05. The summed E-state index contributed by atoms with van der Waals surface area (Å²) in [7, 11) is 0. The van der Waals surface area contributed by atoms with Crippen molar-refractivity contribution in [2.45, 2.75) is 25.5 Å². The number of hydrogen-bond acceptors (Lipinski definition) is 3. The molecule has 0 bridgehead atoms. The van der Waals surface area contributed by atoms with Crippen LogP contribution in [0.5, 0.6) is 0 Å². The second-order valence-electron chi connectivity index (χ2n) is 5.67. The molecule has 1 heterocycles. The Morgan fingerprint density at radius 3 is 2.33 bits per heavy atom. The molecule has 1 saturated heterocycles. The van der Waals surface area contributed by atoms with E-state index in [9.17, 15) is 9.59 Å². The number of hydrogen-bond donors (Lipinski definition) is 0. The third-order valence-corrected chi connectivity index (χ3v) is 4.05. The minimum absolute atomic E-state index is 0.325. The molecular formula is C20H19NO3. The van der Waals surface area contributed by atoms with Crippen LogP contribution in [0.1, 0.15) is 22.8 Å². The lowest BCUT2D eigenvalue weighted by atomic mass is 9.99. The maximum atomic E-state index is 12.8. The van der Waals surface area contributed by atoms with E-state index < -0.39 is 12.2 Å². The van der Waals surface area contributed by atoms with Crippen LogP contribution in [0, 0.1) is 0 Å². The smallest absolute Gasteiger partial charge is 0.417 e. The summed E-state index contributed by atoms with van der Waals surface area (Å²) in [6, 6.07) is 18.3. The van der Waals surface area contributed by atoms with Crippen LogP contribution in [0.25, 0.3) is 0 Å². The molecule has 122 valence electrons. The fraction of sp³-hybridized carbons (Fsp3) is 0.200. The molecular weight excluding hydrogens is 302 g/mol. The van der Waals surface area contributed by atoms with E-state index in [4.69, 9.17) is 4.74 Å². The van der Waals surface area contributed by atoms with Gasteiger partial charge in [0.25, 0.3) is 5.91 Å². The second kappa shape index (κ2) is 7.13. The number of amides is 2. The second-order valence-corrected chi connectivity index (χ2v) is 5.67. The summed E-state index contributed by atoms with van der Waals surface area (Å²) >= 11 is 0. The lowest BCUT2D eigenvalue weighted by Gasteiger charge is -2.22. The van der Waals surface area contributed by atoms with Crippen LogP contribution >= 0.6 is 0 Å². The van der Waals surface area contributed by atoms with Crippen molar-refractivity contribution < 1.29 is 14.3 Å². The van der Waals surface area contributed by atoms with Crippen molar-refractivity contribution in [1.29, 1.82) is 0 Å². The van der Waals surface area contributed by atoms with Crippen LogP contribution in [-0.4, -0.2) is 29.0 Å². The molecule has 0 saturated carbocycles. The fourth-order valence-electron chi connectivity index (χ4n) is 2.91. The Morgan fingerprint density at radius 1 is 1.08 bits per heavy atom. The molecule has 0 unspecified atom stereocenters. The zero-order valence-corrected chi connectivity index (χ0v) is 13.5. The Hall–Kier alpha value is -2.88. The third kappa shape index (κ3) is 3.23. The molecule has 1 fully saturated rings. The van der Waals surface area contributed by atoms with Crippen LogP contribution < -0.4 is 0 Å². The summed E-state index contributed by atoms with van der Waals surface area (Å²) in [5.74, 6) is -0.325. The van der Waals surface area contributed by atoms with Crippen LogP contribution in [0.2, 0.25) is 0 Å². The van der Waals surface area contributed by atoms with Crippen LogP contribution in [-0.2, 0) is 11.2 Å². The van der Waals surface area contributed by atoms with E-state index in [1.807, 2.05) is 55.5 Å². The van der Waals surface area contributed by atoms with E-state index in [0.29, 0.717) is 12.0 Å². The number of allylic oxidation sites excluding steroid dienone is 1. The zero-order valence-electron chi connectivity index (χ0n) is 13.5. The molecule has 1 aliphatic rings. The van der Waals surface area contributed by atoms with Gasteiger partial charge < -0.3 is 4.74 Å². The molecule has 0 aromatic heterocycles. The molecule has 2 aromatic rings. The SMILES string of the molecule is C/C=C/[C@H]1OC(=O)N(C(=O)c2ccccc2)[C@H]1Cc1ccccc1. The Balaban J connectivity index is 1.92. The molecule has 0 radical (unpaired) electrons. The van der Waals surface area contributed by atoms with Gasteiger partial charge >= 0.3 is 6.09 Å². The highest BCUT2D eigenvalue weighted by atomic mass is 16.6. The first-order valence-corrected chi connectivity index (χ1v) is 7.96. The van der Waals surface area contributed by atoms with Gasteiger partial charge in [-0.1, -0.05) is 54.6 Å². The average molecular weight is 321 g/mol. The van der Waals surface area contributed by atoms with Crippen molar-refractivity contribution in [3.05, 3.63) is 83.9 Å². The molecule has 1 aliphatic heterocycles. The summed E-state index contributed by atoms with van der Waals surface area (Å²) < 4.78 is 5.42. The Bertz CT molecular complexity index is 740. The molecule has 0 aliphatic carbocycles. The molecule has 0 spiro atoms. The predicted molar refractivity (Wildman–Crippen MR) is 91.6 cm³/mol. The zero-order chi connectivity index (χ0) is 16.9. The minimum Gasteiger partial charge on any atom is -0.439 e. The summed E-state index contributed by atoms with van der Waals surface area (Å²) in [5, 5.41) is 0. The largest absolute Gasteiger partial charge is 0.439 e. The summed E-state index contributed by atoms with van der Waals surface area (Å²) in [6.45, 7) is 1.87. The maximum absolute atomic E-state index is 12.8. The van der Waals surface area contributed by atoms with Crippen molar-refractivity contribution in [2.24, 2.45) is 0 Å². The van der Waals surface area contributed by atoms with Gasteiger partial charge in [-0.05, 0) is 37.1 Å². The minimum atomic E-state index is -0.590. The quantitative estimate of drug-likeness (QED) is 0.804. The van der Waals surface area contributed by atoms with Gasteiger partial charge in [-0.15, -0.1) is 0 Å². The Morgan fingerprint density at radius 2 is 1.71 bits per heavy atom. The predicted octanol–water partition coefficient (Wildman–Crippen LogP) is 3.84. The van der Waals surface area contributed by atoms with E-state index in [1.54, 1.807) is 24.3 Å². The Kier molecular flexibility index (Phi) is 4.75. The van der Waals surface area contributed by atoms with Crippen molar-refractivity contribution >= 4 is 12.0 Å². The van der Waals surface area contributed by atoms with E-state index in [0.717, 1.165) is 5.56 Å². The monoisotopic (exact) mass is 321 g/mol. The molecule has 0 N–H and O–H groups in total. The first-order valence-electron chi connectivity index (χ1n) is 7.96. The van der Waals surface area contributed by atoms with Gasteiger partial charge in [-0.25, -0.2) is 9.69 Å². The number of rotatable bonds is 4. The topological polar surface area (TPSA) is 46.6 Å². The first kappa shape index (κ1) is 16.0. The highest BCUT2D eigenvalue weighted by Gasteiger charge is 2.44. The highest BCUT2D eigenvalue weighted by Crippen LogP contribution is 2.26. The number of benzene rings is 2. The molecule has 2 atom stereocenters. The summed E-state index contributed by atoms with van der Waals surface area (Å²) in [4.78, 5) is 26.4. The van der Waals surface area contributed by atoms with Crippen molar-refractivity contribution in [2.75, 3.05) is 0 Å². The van der Waals surface area contributed by atoms with Gasteiger partial charge in [0.1, 0.15) is 6.10 Å². The van der Waals surface area contributed by atoms with E-state index in [-0.39, 0.29) is 11.9 Å². The van der Waals surface area contributed by atoms with Gasteiger partial charge in [0.2, 0.25) is 0 Å². The fourth-order valence-corrected chi connectivity index (χ4v) is 2.91. The number of cyclic esters (lactones) is 1. The van der Waals surface area contributed by atoms with Gasteiger partial charge in [0.05, 0.1) is 6.04 Å². The standard InChI is InChI=1S/C20H19NO3/c1-2-9-18-17(14-15-10-5-3-6-11-15)21(20(23)24-18)19(22)16-12-7-4-8-13-16/h2-13,17-18H,14H2,1H3/b9-2+/t17-,18+/m0/s1. The number of ether oxygens (including phenoxy) is 1. The average Bonchev–Trinajstić information content (AvgIpc) is 2.91. The number of carbonyl (C=O) groups excluding carboxylic acids is 2. The summed E-state index contributed by atoms with van der Waals surface area (Å²) in [6.07, 6.45) is 3.19. The normalized spacial score (nSPS) is 20.4. The van der Waals surface area contributed by atoms with Gasteiger partial charge in [0.15, 0.2) is 0 Å². The lowest BCUT2D eigenvalue weighted by Crippen LogP contribution is -2.42. The molecule has 2 aromatic carbocycles. The van der Waals surface area contributed by atoms with Crippen LogP contribution in [0.3, 0.4) is 0 Å². The van der Waals surface area contributed by atoms with Gasteiger partial charge in [0, 0.05) is 5.56 Å².